The van der Waals surface area contributed by atoms with Crippen LogP contribution in [0.25, 0.3) is 0 Å². The topological polar surface area (TPSA) is 41.9 Å². The first kappa shape index (κ1) is 18.2. The number of thioether (sulfide) groups is 1. The molecule has 0 fully saturated rings. The fraction of sp³-hybridized carbons (Fsp3) is 0.333. The lowest BCUT2D eigenvalue weighted by Gasteiger charge is -2.37. The maximum atomic E-state index is 13.6. The van der Waals surface area contributed by atoms with Crippen molar-refractivity contribution in [3.63, 3.8) is 0 Å². The number of ether oxygens (including phenoxy) is 1. The number of carbonyl (C=O) groups excluding carboxylic acids is 1. The van der Waals surface area contributed by atoms with Gasteiger partial charge in [0.1, 0.15) is 19.7 Å². The standard InChI is InChI=1S/C21H21BN2O2S/c1-3-24-19(25)21(23-20(24)27-4-2)13-18(14-8-6-5-7-9-14)26-17-11-10-15(22)12-16(17)21/h5-12,18H,3-4,13H2,1-2H3. The normalized spacial score (nSPS) is 23.9. The van der Waals surface area contributed by atoms with Gasteiger partial charge in [-0.05, 0) is 24.3 Å². The first-order chi connectivity index (χ1) is 13.1. The van der Waals surface area contributed by atoms with E-state index in [-0.39, 0.29) is 12.0 Å². The Labute approximate surface area is 165 Å². The van der Waals surface area contributed by atoms with E-state index in [4.69, 9.17) is 17.6 Å². The Bertz CT molecular complexity index is 902. The summed E-state index contributed by atoms with van der Waals surface area (Å²) in [6.07, 6.45) is 0.232. The molecule has 2 radical (unpaired) electrons. The van der Waals surface area contributed by atoms with Crippen LogP contribution in [0.2, 0.25) is 0 Å². The summed E-state index contributed by atoms with van der Waals surface area (Å²) in [5, 5.41) is 0.784. The van der Waals surface area contributed by atoms with Gasteiger partial charge >= 0.3 is 0 Å². The molecule has 0 saturated heterocycles. The molecule has 0 aromatic heterocycles. The Morgan fingerprint density at radius 1 is 1.26 bits per heavy atom. The molecule has 2 aromatic carbocycles. The van der Waals surface area contributed by atoms with Crippen molar-refractivity contribution >= 4 is 36.1 Å². The number of amides is 1. The molecule has 0 N–H and O–H groups in total. The van der Waals surface area contributed by atoms with Crippen molar-refractivity contribution in [3.05, 3.63) is 59.7 Å². The van der Waals surface area contributed by atoms with Crippen molar-refractivity contribution in [2.24, 2.45) is 4.99 Å². The van der Waals surface area contributed by atoms with Crippen molar-refractivity contribution in [2.45, 2.75) is 31.9 Å². The number of carbonyl (C=O) groups is 1. The highest BCUT2D eigenvalue weighted by Gasteiger charge is 2.54. The summed E-state index contributed by atoms with van der Waals surface area (Å²) in [6, 6.07) is 15.5. The number of fused-ring (bicyclic) bond motifs is 2. The van der Waals surface area contributed by atoms with Crippen LogP contribution in [-0.2, 0) is 10.3 Å². The van der Waals surface area contributed by atoms with Gasteiger partial charge in [-0.1, -0.05) is 66.6 Å². The number of likely N-dealkylation sites (N-methyl/N-ethyl adjacent to an activating group) is 1. The van der Waals surface area contributed by atoms with Crippen molar-refractivity contribution in [1.29, 1.82) is 0 Å². The smallest absolute Gasteiger partial charge is 0.261 e. The van der Waals surface area contributed by atoms with Crippen LogP contribution in [0.15, 0.2) is 53.5 Å². The minimum atomic E-state index is -0.975. The lowest BCUT2D eigenvalue weighted by molar-refractivity contribution is -0.133. The summed E-state index contributed by atoms with van der Waals surface area (Å²) in [6.45, 7) is 4.65. The third kappa shape index (κ3) is 2.96. The van der Waals surface area contributed by atoms with Crippen LogP contribution in [-0.4, -0.2) is 36.1 Å². The molecule has 6 heteroatoms. The van der Waals surface area contributed by atoms with Gasteiger partial charge in [-0.25, -0.2) is 4.99 Å². The van der Waals surface area contributed by atoms with Crippen LogP contribution < -0.4 is 10.2 Å². The SMILES string of the molecule is [B]c1ccc2c(c1)C1(CC(c3ccccc3)O2)N=C(SCC)N(CC)C1=O. The second-order valence-electron chi connectivity index (χ2n) is 6.71. The highest BCUT2D eigenvalue weighted by Crippen LogP contribution is 2.50. The average molecular weight is 376 g/mol. The number of amidine groups is 1. The van der Waals surface area contributed by atoms with Gasteiger partial charge < -0.3 is 4.74 Å². The quantitative estimate of drug-likeness (QED) is 0.773. The lowest BCUT2D eigenvalue weighted by Crippen LogP contribution is -2.44. The molecule has 4 rings (SSSR count). The Kier molecular flexibility index (Phi) is 4.76. The van der Waals surface area contributed by atoms with E-state index in [0.29, 0.717) is 24.2 Å². The fourth-order valence-corrected chi connectivity index (χ4v) is 4.65. The summed E-state index contributed by atoms with van der Waals surface area (Å²) in [5.74, 6) is 1.55. The van der Waals surface area contributed by atoms with Gasteiger partial charge in [0.15, 0.2) is 10.7 Å². The van der Waals surface area contributed by atoms with Crippen LogP contribution in [0.5, 0.6) is 5.75 Å². The van der Waals surface area contributed by atoms with Crippen LogP contribution in [0.3, 0.4) is 0 Å². The minimum Gasteiger partial charge on any atom is -0.485 e. The molecule has 4 nitrogen and oxygen atoms in total. The van der Waals surface area contributed by atoms with Crippen molar-refractivity contribution in [1.82, 2.24) is 4.90 Å². The molecule has 136 valence electrons. The number of aliphatic imine (C=N–C) groups is 1. The molecule has 2 unspecified atom stereocenters. The molecule has 0 aliphatic carbocycles. The molecular formula is C21H21BN2O2S. The zero-order chi connectivity index (χ0) is 19.0. The summed E-state index contributed by atoms with van der Waals surface area (Å²) < 4.78 is 6.27. The van der Waals surface area contributed by atoms with Crippen molar-refractivity contribution in [2.75, 3.05) is 12.3 Å². The van der Waals surface area contributed by atoms with Crippen LogP contribution >= 0.6 is 11.8 Å². The maximum Gasteiger partial charge on any atom is 0.261 e. The zero-order valence-corrected chi connectivity index (χ0v) is 16.3. The van der Waals surface area contributed by atoms with Gasteiger partial charge in [-0.2, -0.15) is 0 Å². The first-order valence-electron chi connectivity index (χ1n) is 9.25. The monoisotopic (exact) mass is 376 g/mol. The second-order valence-corrected chi connectivity index (χ2v) is 7.95. The van der Waals surface area contributed by atoms with Crippen LogP contribution in [0.4, 0.5) is 0 Å². The number of benzene rings is 2. The van der Waals surface area contributed by atoms with Crippen LogP contribution in [0, 0.1) is 0 Å². The minimum absolute atomic E-state index is 0.0111. The molecule has 2 aliphatic rings. The van der Waals surface area contributed by atoms with E-state index in [1.165, 1.54) is 0 Å². The number of nitrogens with zero attached hydrogens (tertiary/aromatic N) is 2. The Morgan fingerprint density at radius 3 is 2.74 bits per heavy atom. The molecule has 2 atom stereocenters. The average Bonchev–Trinajstić information content (AvgIpc) is 2.94. The van der Waals surface area contributed by atoms with Gasteiger partial charge in [0, 0.05) is 18.5 Å². The van der Waals surface area contributed by atoms with Gasteiger partial charge in [-0.3, -0.25) is 9.69 Å². The lowest BCUT2D eigenvalue weighted by atomic mass is 9.78. The van der Waals surface area contributed by atoms with Crippen molar-refractivity contribution < 1.29 is 9.53 Å². The Hall–Kier alpha value is -2.21. The van der Waals surface area contributed by atoms with Gasteiger partial charge in [0.05, 0.1) is 0 Å². The molecule has 27 heavy (non-hydrogen) atoms. The molecule has 2 aliphatic heterocycles. The van der Waals surface area contributed by atoms with Crippen LogP contribution in [0.1, 0.15) is 37.5 Å². The maximum absolute atomic E-state index is 13.6. The second kappa shape index (κ2) is 7.08. The summed E-state index contributed by atoms with van der Waals surface area (Å²) in [7, 11) is 6.05. The summed E-state index contributed by atoms with van der Waals surface area (Å²) >= 11 is 1.60. The fourth-order valence-electron chi connectivity index (χ4n) is 3.81. The van der Waals surface area contributed by atoms with E-state index < -0.39 is 5.54 Å². The molecule has 2 heterocycles. The third-order valence-electron chi connectivity index (χ3n) is 5.08. The van der Waals surface area contributed by atoms with Gasteiger partial charge in [0.2, 0.25) is 0 Å². The predicted molar refractivity (Wildman–Crippen MR) is 111 cm³/mol. The van der Waals surface area contributed by atoms with E-state index >= 15 is 0 Å². The van der Waals surface area contributed by atoms with E-state index in [1.807, 2.05) is 55.5 Å². The molecular weight excluding hydrogens is 355 g/mol. The number of rotatable bonds is 3. The highest BCUT2D eigenvalue weighted by molar-refractivity contribution is 8.13. The van der Waals surface area contributed by atoms with Gasteiger partial charge in [0.25, 0.3) is 5.91 Å². The molecule has 0 saturated carbocycles. The van der Waals surface area contributed by atoms with Crippen molar-refractivity contribution in [3.8, 4) is 5.75 Å². The largest absolute Gasteiger partial charge is 0.485 e. The molecule has 0 bridgehead atoms. The van der Waals surface area contributed by atoms with E-state index in [0.717, 1.165) is 22.0 Å². The highest BCUT2D eigenvalue weighted by atomic mass is 32.2. The van der Waals surface area contributed by atoms with E-state index in [1.54, 1.807) is 16.7 Å². The first-order valence-corrected chi connectivity index (χ1v) is 10.2. The summed E-state index contributed by atoms with van der Waals surface area (Å²) in [5.41, 5.74) is 1.45. The number of hydrogen-bond donors (Lipinski definition) is 0. The molecule has 1 amide bonds. The zero-order valence-electron chi connectivity index (χ0n) is 15.5. The Morgan fingerprint density at radius 2 is 2.04 bits per heavy atom. The summed E-state index contributed by atoms with van der Waals surface area (Å²) in [4.78, 5) is 20.3. The number of hydrogen-bond acceptors (Lipinski definition) is 4. The predicted octanol–water partition coefficient (Wildman–Crippen LogP) is 3.17. The third-order valence-corrected chi connectivity index (χ3v) is 5.94. The molecule has 2 aromatic rings. The van der Waals surface area contributed by atoms with E-state index in [9.17, 15) is 4.79 Å². The Balaban J connectivity index is 1.87. The molecule has 1 spiro atoms. The van der Waals surface area contributed by atoms with E-state index in [2.05, 4.69) is 6.92 Å². The van der Waals surface area contributed by atoms with Gasteiger partial charge in [-0.15, -0.1) is 0 Å².